The number of nitrogens with one attached hydrogen (secondary N) is 2. The van der Waals surface area contributed by atoms with Crippen LogP contribution in [0, 0.1) is 0 Å². The number of pyridine rings is 1. The first-order valence-corrected chi connectivity index (χ1v) is 9.97. The zero-order valence-electron chi connectivity index (χ0n) is 17.4. The highest BCUT2D eigenvalue weighted by Gasteiger charge is 2.11. The van der Waals surface area contributed by atoms with Crippen molar-refractivity contribution in [2.75, 3.05) is 22.1 Å². The first-order valence-electron chi connectivity index (χ1n) is 9.97. The van der Waals surface area contributed by atoms with Gasteiger partial charge in [0.2, 0.25) is 0 Å². The maximum Gasteiger partial charge on any atom is 0.255 e. The van der Waals surface area contributed by atoms with E-state index < -0.39 is 0 Å². The van der Waals surface area contributed by atoms with Crippen LogP contribution < -0.4 is 15.5 Å². The van der Waals surface area contributed by atoms with E-state index in [1.165, 1.54) is 0 Å². The Bertz CT molecular complexity index is 1000. The van der Waals surface area contributed by atoms with E-state index in [1.54, 1.807) is 48.8 Å². The van der Waals surface area contributed by atoms with E-state index in [0.717, 1.165) is 12.2 Å². The molecular formula is C24H26N4O2. The molecule has 1 heterocycles. The summed E-state index contributed by atoms with van der Waals surface area (Å²) in [4.78, 5) is 31.1. The molecule has 0 aliphatic carbocycles. The molecule has 30 heavy (non-hydrogen) atoms. The summed E-state index contributed by atoms with van der Waals surface area (Å²) < 4.78 is 0. The molecule has 0 spiro atoms. The van der Waals surface area contributed by atoms with E-state index in [-0.39, 0.29) is 11.8 Å². The summed E-state index contributed by atoms with van der Waals surface area (Å²) in [5.74, 6) is -0.436. The Balaban J connectivity index is 1.67. The quantitative estimate of drug-likeness (QED) is 0.594. The van der Waals surface area contributed by atoms with E-state index in [1.807, 2.05) is 24.3 Å². The predicted molar refractivity (Wildman–Crippen MR) is 121 cm³/mol. The Labute approximate surface area is 177 Å². The van der Waals surface area contributed by atoms with Crippen molar-refractivity contribution in [1.29, 1.82) is 0 Å². The van der Waals surface area contributed by atoms with Gasteiger partial charge in [0, 0.05) is 53.2 Å². The van der Waals surface area contributed by atoms with E-state index in [4.69, 9.17) is 0 Å². The molecule has 0 bridgehead atoms. The van der Waals surface area contributed by atoms with Gasteiger partial charge in [0.1, 0.15) is 0 Å². The second-order valence-electron chi connectivity index (χ2n) is 7.15. The van der Waals surface area contributed by atoms with Crippen molar-refractivity contribution < 1.29 is 9.59 Å². The van der Waals surface area contributed by atoms with Crippen LogP contribution in [0.15, 0.2) is 73.1 Å². The van der Waals surface area contributed by atoms with Gasteiger partial charge in [-0.05, 0) is 75.4 Å². The fraction of sp³-hybridized carbons (Fsp3) is 0.208. The molecule has 0 aliphatic heterocycles. The number of benzene rings is 2. The lowest BCUT2D eigenvalue weighted by Crippen LogP contribution is -2.30. The van der Waals surface area contributed by atoms with Gasteiger partial charge < -0.3 is 15.5 Å². The number of hydrogen-bond donors (Lipinski definition) is 2. The van der Waals surface area contributed by atoms with Crippen LogP contribution in [-0.4, -0.2) is 29.4 Å². The van der Waals surface area contributed by atoms with Gasteiger partial charge in [-0.25, -0.2) is 0 Å². The van der Waals surface area contributed by atoms with Crippen molar-refractivity contribution in [2.45, 2.75) is 26.8 Å². The number of aromatic nitrogens is 1. The summed E-state index contributed by atoms with van der Waals surface area (Å²) >= 11 is 0. The van der Waals surface area contributed by atoms with Crippen LogP contribution in [0.5, 0.6) is 0 Å². The minimum Gasteiger partial charge on any atom is -0.369 e. The van der Waals surface area contributed by atoms with Crippen LogP contribution >= 0.6 is 0 Å². The Morgan fingerprint density at radius 2 is 1.40 bits per heavy atom. The van der Waals surface area contributed by atoms with Crippen LogP contribution in [0.1, 0.15) is 41.5 Å². The fourth-order valence-corrected chi connectivity index (χ4v) is 3.23. The summed E-state index contributed by atoms with van der Waals surface area (Å²) in [6.45, 7) is 7.30. The zero-order valence-corrected chi connectivity index (χ0v) is 17.4. The third-order valence-electron chi connectivity index (χ3n) is 4.75. The van der Waals surface area contributed by atoms with E-state index >= 15 is 0 Å². The van der Waals surface area contributed by atoms with Gasteiger partial charge in [0.05, 0.1) is 0 Å². The predicted octanol–water partition coefficient (Wildman–Crippen LogP) is 4.82. The maximum atomic E-state index is 12.6. The third kappa shape index (κ3) is 5.23. The molecule has 6 nitrogen and oxygen atoms in total. The standard InChI is InChI=1S/C24H26N4O2/c1-4-28(17(2)3)22-10-8-18(9-11-22)23(29)26-20-6-5-7-21(16-20)27-24(30)19-12-14-25-15-13-19/h5-17H,4H2,1-3H3,(H,26,29)(H,27,30). The Morgan fingerprint density at radius 1 is 0.867 bits per heavy atom. The molecular weight excluding hydrogens is 376 g/mol. The molecule has 0 unspecified atom stereocenters. The van der Waals surface area contributed by atoms with Gasteiger partial charge in [0.25, 0.3) is 11.8 Å². The van der Waals surface area contributed by atoms with Crippen molar-refractivity contribution in [3.8, 4) is 0 Å². The molecule has 2 amide bonds. The van der Waals surface area contributed by atoms with E-state index in [0.29, 0.717) is 28.5 Å². The van der Waals surface area contributed by atoms with Gasteiger partial charge in [-0.15, -0.1) is 0 Å². The van der Waals surface area contributed by atoms with Gasteiger partial charge in [-0.3, -0.25) is 14.6 Å². The highest BCUT2D eigenvalue weighted by Crippen LogP contribution is 2.20. The largest absolute Gasteiger partial charge is 0.369 e. The fourth-order valence-electron chi connectivity index (χ4n) is 3.23. The van der Waals surface area contributed by atoms with Gasteiger partial charge >= 0.3 is 0 Å². The first-order chi connectivity index (χ1) is 14.5. The summed E-state index contributed by atoms with van der Waals surface area (Å²) in [5, 5.41) is 5.71. The number of amides is 2. The van der Waals surface area contributed by atoms with Crippen LogP contribution in [0.4, 0.5) is 17.1 Å². The number of hydrogen-bond acceptors (Lipinski definition) is 4. The number of rotatable bonds is 7. The molecule has 3 rings (SSSR count). The third-order valence-corrected chi connectivity index (χ3v) is 4.75. The highest BCUT2D eigenvalue weighted by atomic mass is 16.2. The molecule has 154 valence electrons. The van der Waals surface area contributed by atoms with Gasteiger partial charge in [-0.1, -0.05) is 6.07 Å². The lowest BCUT2D eigenvalue weighted by atomic mass is 10.1. The molecule has 2 aromatic carbocycles. The molecule has 1 aromatic heterocycles. The summed E-state index contributed by atoms with van der Waals surface area (Å²) in [5.41, 5.74) is 3.38. The summed E-state index contributed by atoms with van der Waals surface area (Å²) in [7, 11) is 0. The van der Waals surface area contributed by atoms with Crippen molar-refractivity contribution in [1.82, 2.24) is 4.98 Å². The molecule has 0 atom stereocenters. The molecule has 0 saturated heterocycles. The average molecular weight is 402 g/mol. The molecule has 0 saturated carbocycles. The molecule has 0 aliphatic rings. The molecule has 0 radical (unpaired) electrons. The van der Waals surface area contributed by atoms with Crippen molar-refractivity contribution in [3.05, 3.63) is 84.2 Å². The van der Waals surface area contributed by atoms with Crippen LogP contribution in [-0.2, 0) is 0 Å². The number of anilines is 3. The van der Waals surface area contributed by atoms with E-state index in [9.17, 15) is 9.59 Å². The summed E-state index contributed by atoms with van der Waals surface area (Å²) in [6, 6.07) is 18.3. The monoisotopic (exact) mass is 402 g/mol. The Morgan fingerprint density at radius 3 is 1.90 bits per heavy atom. The van der Waals surface area contributed by atoms with Crippen LogP contribution in [0.25, 0.3) is 0 Å². The molecule has 0 fully saturated rings. The normalized spacial score (nSPS) is 10.5. The maximum absolute atomic E-state index is 12.6. The second kappa shape index (κ2) is 9.69. The van der Waals surface area contributed by atoms with E-state index in [2.05, 4.69) is 41.3 Å². The number of carbonyl (C=O) groups is 2. The number of nitrogens with zero attached hydrogens (tertiary/aromatic N) is 2. The molecule has 2 N–H and O–H groups in total. The lowest BCUT2D eigenvalue weighted by Gasteiger charge is -2.27. The highest BCUT2D eigenvalue weighted by molar-refractivity contribution is 6.06. The Hall–Kier alpha value is -3.67. The second-order valence-corrected chi connectivity index (χ2v) is 7.15. The minimum atomic E-state index is -0.234. The van der Waals surface area contributed by atoms with Crippen LogP contribution in [0.3, 0.4) is 0 Å². The summed E-state index contributed by atoms with van der Waals surface area (Å²) in [6.07, 6.45) is 3.13. The average Bonchev–Trinajstić information content (AvgIpc) is 2.75. The minimum absolute atomic E-state index is 0.202. The zero-order chi connectivity index (χ0) is 21.5. The number of carbonyl (C=O) groups excluding carboxylic acids is 2. The van der Waals surface area contributed by atoms with Gasteiger partial charge in [-0.2, -0.15) is 0 Å². The van der Waals surface area contributed by atoms with Crippen LogP contribution in [0.2, 0.25) is 0 Å². The Kier molecular flexibility index (Phi) is 6.80. The lowest BCUT2D eigenvalue weighted by molar-refractivity contribution is 0.101. The van der Waals surface area contributed by atoms with Gasteiger partial charge in [0.15, 0.2) is 0 Å². The van der Waals surface area contributed by atoms with Crippen molar-refractivity contribution in [2.24, 2.45) is 0 Å². The van der Waals surface area contributed by atoms with Crippen molar-refractivity contribution in [3.63, 3.8) is 0 Å². The smallest absolute Gasteiger partial charge is 0.255 e. The van der Waals surface area contributed by atoms with Crippen molar-refractivity contribution >= 4 is 28.9 Å². The SMILES string of the molecule is CCN(c1ccc(C(=O)Nc2cccc(NC(=O)c3ccncc3)c2)cc1)C(C)C. The molecule has 6 heteroatoms. The molecule has 3 aromatic rings. The topological polar surface area (TPSA) is 74.3 Å². The first kappa shape index (κ1) is 21.0.